The van der Waals surface area contributed by atoms with Crippen molar-refractivity contribution in [3.8, 4) is 11.5 Å². The number of nitrogens with one attached hydrogen (secondary N) is 14. The molecule has 0 radical (unpaired) electrons. The first-order chi connectivity index (χ1) is 71.1. The van der Waals surface area contributed by atoms with Crippen molar-refractivity contribution in [3.05, 3.63) is 168 Å². The van der Waals surface area contributed by atoms with E-state index in [0.717, 1.165) is 0 Å². The standard InChI is InChI=1S/2C50H71N13O12/c2*1-5-28(4)41(47(72)59-36(23-31-25-54-26-56-31)48(73)63-20-10-14-38(63)45(70)60-37(49(74)75)22-29-11-7-6-8-12-29)62-44(69)35(21-30-15-17-32(64)18-16-30)58-46(71)40(27(2)3)61-43(68)34(13-9-19-55-50(52)53)57-42(67)33(51)24-39(65)66/h2*6-8,11-12,15-18,25-28,33-38,40-41,64H,5,9-10,13-14,19-24,51H2,1-4H3,(H,54,56)(H,57,67)(H,58,71)(H,59,72)(H,60,70)(H,61,68)(H,62,69)(H,65,66)(H,74,75)(H4,52,53,55)/t2*28-,33-,34+,35-,36-,37+,38+,40-,41-/m00/s1. The molecular weight excluding hydrogens is 1950 g/mol. The van der Waals surface area contributed by atoms with Crippen LogP contribution in [0, 0.1) is 23.7 Å². The van der Waals surface area contributed by atoms with Gasteiger partial charge in [0.2, 0.25) is 82.7 Å². The van der Waals surface area contributed by atoms with Crippen LogP contribution in [0.4, 0.5) is 0 Å². The zero-order chi connectivity index (χ0) is 111. The Bertz CT molecular complexity index is 5240. The molecule has 32 N–H and O–H groups in total. The summed E-state index contributed by atoms with van der Waals surface area (Å²) in [5.41, 5.74) is 36.5. The summed E-state index contributed by atoms with van der Waals surface area (Å²) >= 11 is 0. The first-order valence-electron chi connectivity index (χ1n) is 49.5. The highest BCUT2D eigenvalue weighted by atomic mass is 16.4. The molecule has 6 aromatic rings. The summed E-state index contributed by atoms with van der Waals surface area (Å²) < 4.78 is 0. The van der Waals surface area contributed by atoms with Crippen molar-refractivity contribution >= 4 is 118 Å². The lowest BCUT2D eigenvalue weighted by atomic mass is 9.96. The molecule has 150 heavy (non-hydrogen) atoms. The zero-order valence-corrected chi connectivity index (χ0v) is 85.0. The minimum Gasteiger partial charge on any atom is -0.508 e. The second kappa shape index (κ2) is 60.2. The Kier molecular flexibility index (Phi) is 48.5. The Balaban J connectivity index is 0.000000406. The third kappa shape index (κ3) is 39.2. The van der Waals surface area contributed by atoms with Crippen LogP contribution >= 0.6 is 0 Å². The van der Waals surface area contributed by atoms with E-state index in [1.54, 1.807) is 116 Å². The van der Waals surface area contributed by atoms with E-state index in [0.29, 0.717) is 59.3 Å². The molecule has 18 atom stereocenters. The number of carbonyl (C=O) groups is 18. The summed E-state index contributed by atoms with van der Waals surface area (Å²) in [6.45, 7) is 13.8. The largest absolute Gasteiger partial charge is 0.508 e. The number of aromatic nitrogens is 4. The number of aliphatic carboxylic acids is 4. The van der Waals surface area contributed by atoms with Gasteiger partial charge in [-0.1, -0.05) is 153 Å². The van der Waals surface area contributed by atoms with E-state index in [4.69, 9.17) is 34.4 Å². The molecule has 14 amide bonds. The van der Waals surface area contributed by atoms with Gasteiger partial charge < -0.3 is 149 Å². The SMILES string of the molecule is CC[C@H](C)[C@H](NC(=O)[C@H](Cc1ccc(O)cc1)NC(=O)[C@@H](NC(=O)[C@@H](CCCN=C(N)N)NC(=O)[C@@H](N)CC(=O)O)C(C)C)C(=O)N[C@@H](Cc1cnc[nH]1)C(=O)N1CCC[C@@H]1C(=O)N[C@H](Cc1ccccc1)C(=O)O.CC[C@H](C)[C@H](NC(=O)[C@H](Cc1ccc(O)cc1)NC(=O)[C@@H](NC(=O)[C@@H](CCCN=C(N)N)NC(=O)[C@@H](N)CC(=O)O)C(C)C)C(=O)N[C@@H](Cc1cnc[nH]1)C(=O)N1CCC[C@@H]1C(=O)N[C@H](Cc1ccccc1)C(=O)O. The molecule has 8 rings (SSSR count). The number of imidazole rings is 2. The second-order valence-electron chi connectivity index (χ2n) is 37.7. The van der Waals surface area contributed by atoms with Crippen molar-refractivity contribution < 1.29 is 117 Å². The predicted molar refractivity (Wildman–Crippen MR) is 545 cm³/mol. The zero-order valence-electron chi connectivity index (χ0n) is 85.0. The number of aromatic amines is 2. The summed E-state index contributed by atoms with van der Waals surface area (Å²) in [6.07, 6.45) is 5.84. The van der Waals surface area contributed by atoms with Crippen LogP contribution in [0.15, 0.2) is 144 Å². The number of aromatic hydroxyl groups is 2. The number of carbonyl (C=O) groups excluding carboxylic acids is 14. The van der Waals surface area contributed by atoms with Gasteiger partial charge in [0.1, 0.15) is 96.1 Å². The molecule has 2 aliphatic rings. The van der Waals surface area contributed by atoms with Gasteiger partial charge in [-0.2, -0.15) is 0 Å². The second-order valence-corrected chi connectivity index (χ2v) is 37.7. The number of carboxylic acids is 4. The van der Waals surface area contributed by atoms with Crippen LogP contribution in [0.2, 0.25) is 0 Å². The molecular formula is C100H142N26O24. The molecule has 0 saturated carbocycles. The number of hydrogen-bond donors (Lipinski definition) is 26. The first-order valence-corrected chi connectivity index (χ1v) is 49.5. The van der Waals surface area contributed by atoms with Crippen molar-refractivity contribution in [1.29, 1.82) is 0 Å². The van der Waals surface area contributed by atoms with Crippen LogP contribution in [-0.2, 0) is 125 Å². The fraction of sp³-hybridized carbons (Fsp3) is 0.500. The molecule has 2 saturated heterocycles. The minimum absolute atomic E-state index is 0.00211. The normalized spacial score (nSPS) is 16.3. The Labute approximate surface area is 866 Å². The van der Waals surface area contributed by atoms with Crippen LogP contribution in [-0.4, -0.2) is 302 Å². The van der Waals surface area contributed by atoms with E-state index in [1.807, 2.05) is 0 Å². The maximum Gasteiger partial charge on any atom is 0.326 e. The number of nitrogens with two attached hydrogens (primary N) is 6. The highest BCUT2D eigenvalue weighted by Gasteiger charge is 2.45. The number of nitrogens with zero attached hydrogens (tertiary/aromatic N) is 6. The monoisotopic (exact) mass is 2090 g/mol. The summed E-state index contributed by atoms with van der Waals surface area (Å²) in [7, 11) is 0. The van der Waals surface area contributed by atoms with Crippen molar-refractivity contribution in [2.24, 2.45) is 68.1 Å². The minimum atomic E-state index is -1.51. The molecule has 50 nitrogen and oxygen atoms in total. The topological polar surface area (TPSA) is 818 Å². The Morgan fingerprint density at radius 2 is 0.673 bits per heavy atom. The van der Waals surface area contributed by atoms with E-state index in [-0.39, 0.29) is 127 Å². The van der Waals surface area contributed by atoms with Crippen molar-refractivity contribution in [3.63, 3.8) is 0 Å². The van der Waals surface area contributed by atoms with Gasteiger partial charge in [-0.25, -0.2) is 19.6 Å². The summed E-state index contributed by atoms with van der Waals surface area (Å²) in [5, 5.41) is 90.2. The lowest BCUT2D eigenvalue weighted by molar-refractivity contribution is -0.145. The third-order valence-corrected chi connectivity index (χ3v) is 25.4. The number of phenolic OH excluding ortho intramolecular Hbond substituents is 2. The van der Waals surface area contributed by atoms with Crippen molar-refractivity contribution in [1.82, 2.24) is 93.5 Å². The smallest absolute Gasteiger partial charge is 0.326 e. The average molecular weight is 2090 g/mol. The summed E-state index contributed by atoms with van der Waals surface area (Å²) in [6, 6.07) is 7.91. The van der Waals surface area contributed by atoms with Crippen molar-refractivity contribution in [2.75, 3.05) is 26.2 Å². The molecule has 4 heterocycles. The van der Waals surface area contributed by atoms with E-state index in [1.165, 1.54) is 83.4 Å². The predicted octanol–water partition coefficient (Wildman–Crippen LogP) is -2.63. The Morgan fingerprint density at radius 3 is 0.973 bits per heavy atom. The highest BCUT2D eigenvalue weighted by Crippen LogP contribution is 2.26. The Hall–Kier alpha value is -16.2. The molecule has 0 aliphatic carbocycles. The van der Waals surface area contributed by atoms with Gasteiger partial charge >= 0.3 is 23.9 Å². The number of guanidine groups is 2. The number of phenols is 2. The fourth-order valence-electron chi connectivity index (χ4n) is 16.6. The number of amides is 14. The quantitative estimate of drug-likeness (QED) is 0.0106. The van der Waals surface area contributed by atoms with Gasteiger partial charge in [0.05, 0.1) is 37.6 Å². The Morgan fingerprint density at radius 1 is 0.373 bits per heavy atom. The molecule has 0 bridgehead atoms. The van der Waals surface area contributed by atoms with Crippen LogP contribution < -0.4 is 98.2 Å². The lowest BCUT2D eigenvalue weighted by Gasteiger charge is -2.32. The number of rotatable bonds is 58. The molecule has 4 aromatic carbocycles. The third-order valence-electron chi connectivity index (χ3n) is 25.4. The number of aliphatic imine (C=N–C) groups is 2. The molecule has 50 heteroatoms. The van der Waals surface area contributed by atoms with Gasteiger partial charge in [-0.3, -0.25) is 86.7 Å². The number of carboxylic acid groups (broad SMARTS) is 4. The lowest BCUT2D eigenvalue weighted by Crippen LogP contribution is -2.62. The van der Waals surface area contributed by atoms with E-state index in [9.17, 15) is 117 Å². The number of H-pyrrole nitrogens is 2. The maximum absolute atomic E-state index is 14.6. The van der Waals surface area contributed by atoms with Gasteiger partial charge in [0.25, 0.3) is 0 Å². The van der Waals surface area contributed by atoms with Gasteiger partial charge in [-0.05, 0) is 122 Å². The van der Waals surface area contributed by atoms with Gasteiger partial charge in [0.15, 0.2) is 11.9 Å². The summed E-state index contributed by atoms with van der Waals surface area (Å²) in [4.78, 5) is 268. The number of hydrogen-bond acceptors (Lipinski definition) is 26. The number of benzene rings is 4. The summed E-state index contributed by atoms with van der Waals surface area (Å²) in [5.74, 6) is -19.3. The van der Waals surface area contributed by atoms with Crippen molar-refractivity contribution in [2.45, 2.75) is 268 Å². The van der Waals surface area contributed by atoms with E-state index >= 15 is 0 Å². The molecule has 2 aliphatic heterocycles. The van der Waals surface area contributed by atoms with E-state index < -0.39 is 240 Å². The molecule has 0 unspecified atom stereocenters. The first kappa shape index (κ1) is 121. The molecule has 816 valence electrons. The maximum atomic E-state index is 14.6. The molecule has 2 aromatic heterocycles. The molecule has 2 fully saturated rings. The van der Waals surface area contributed by atoms with Crippen LogP contribution in [0.3, 0.4) is 0 Å². The van der Waals surface area contributed by atoms with Crippen LogP contribution in [0.1, 0.15) is 166 Å². The van der Waals surface area contributed by atoms with Crippen LogP contribution in [0.5, 0.6) is 11.5 Å². The van der Waals surface area contributed by atoms with Gasteiger partial charge in [-0.15, -0.1) is 0 Å². The van der Waals surface area contributed by atoms with Gasteiger partial charge in [0, 0.05) is 88.5 Å². The highest BCUT2D eigenvalue weighted by molar-refractivity contribution is 6.01. The van der Waals surface area contributed by atoms with E-state index in [2.05, 4.69) is 93.7 Å². The fourth-order valence-corrected chi connectivity index (χ4v) is 16.6. The molecule has 0 spiro atoms. The number of likely N-dealkylation sites (tertiary alicyclic amines) is 2. The average Bonchev–Trinajstić information content (AvgIpc) is 1.67. The van der Waals surface area contributed by atoms with Crippen LogP contribution in [0.25, 0.3) is 0 Å².